The maximum atomic E-state index is 5.74. The Balaban J connectivity index is 2.77. The molecule has 0 amide bonds. The topological polar surface area (TPSA) is 9.23 Å². The van der Waals surface area contributed by atoms with E-state index in [1.165, 1.54) is 11.1 Å². The Hall–Kier alpha value is -1.24. The number of rotatable bonds is 2. The van der Waals surface area contributed by atoms with Crippen LogP contribution in [0.4, 0.5) is 0 Å². The maximum absolute atomic E-state index is 5.74. The van der Waals surface area contributed by atoms with Crippen LogP contribution in [0.5, 0.6) is 5.75 Å². The van der Waals surface area contributed by atoms with Crippen LogP contribution in [0.2, 0.25) is 0 Å². The molecule has 0 bridgehead atoms. The van der Waals surface area contributed by atoms with Gasteiger partial charge in [0.1, 0.15) is 11.4 Å². The lowest BCUT2D eigenvalue weighted by Gasteiger charge is -2.21. The first-order valence-corrected chi connectivity index (χ1v) is 5.31. The minimum absolute atomic E-state index is 0.127. The molecule has 0 aliphatic heterocycles. The van der Waals surface area contributed by atoms with Crippen molar-refractivity contribution in [2.75, 3.05) is 0 Å². The molecule has 0 unspecified atom stereocenters. The lowest BCUT2D eigenvalue weighted by molar-refractivity contribution is 0.131. The first-order chi connectivity index (χ1) is 6.87. The summed E-state index contributed by atoms with van der Waals surface area (Å²) in [6.07, 6.45) is 2.15. The van der Waals surface area contributed by atoms with Gasteiger partial charge in [0.25, 0.3) is 0 Å². The zero-order valence-corrected chi connectivity index (χ0v) is 10.3. The molecule has 1 heteroatoms. The van der Waals surface area contributed by atoms with Crippen molar-refractivity contribution in [3.8, 4) is 5.75 Å². The van der Waals surface area contributed by atoms with E-state index >= 15 is 0 Å². The molecule has 0 aliphatic carbocycles. The molecular weight excluding hydrogens is 184 g/mol. The van der Waals surface area contributed by atoms with Crippen LogP contribution in [-0.2, 0) is 0 Å². The Bertz CT molecular complexity index is 335. The van der Waals surface area contributed by atoms with E-state index in [2.05, 4.69) is 52.8 Å². The summed E-state index contributed by atoms with van der Waals surface area (Å²) in [5, 5.41) is 0. The second-order valence-electron chi connectivity index (χ2n) is 5.01. The monoisotopic (exact) mass is 204 g/mol. The van der Waals surface area contributed by atoms with Crippen LogP contribution in [0.3, 0.4) is 0 Å². The van der Waals surface area contributed by atoms with Crippen LogP contribution in [0, 0.1) is 0 Å². The van der Waals surface area contributed by atoms with Crippen molar-refractivity contribution in [3.05, 3.63) is 35.4 Å². The van der Waals surface area contributed by atoms with E-state index in [0.717, 1.165) is 5.75 Å². The average Bonchev–Trinajstić information content (AvgIpc) is 2.05. The van der Waals surface area contributed by atoms with Gasteiger partial charge in [0.05, 0.1) is 0 Å². The van der Waals surface area contributed by atoms with E-state index < -0.39 is 0 Å². The summed E-state index contributed by atoms with van der Waals surface area (Å²) in [5.41, 5.74) is 2.40. The summed E-state index contributed by atoms with van der Waals surface area (Å²) in [5.74, 6) is 0.924. The van der Waals surface area contributed by atoms with Crippen LogP contribution in [-0.4, -0.2) is 5.60 Å². The summed E-state index contributed by atoms with van der Waals surface area (Å²) in [4.78, 5) is 0. The SMILES string of the molecule is CC(C)=Cc1ccc(OC(C)(C)C)cc1. The van der Waals surface area contributed by atoms with Gasteiger partial charge in [-0.2, -0.15) is 0 Å². The van der Waals surface area contributed by atoms with Gasteiger partial charge in [-0.3, -0.25) is 0 Å². The standard InChI is InChI=1S/C14H20O/c1-11(2)10-12-6-8-13(9-7-12)15-14(3,4)5/h6-10H,1-5H3. The van der Waals surface area contributed by atoms with Gasteiger partial charge in [0, 0.05) is 0 Å². The maximum Gasteiger partial charge on any atom is 0.120 e. The average molecular weight is 204 g/mol. The molecule has 0 atom stereocenters. The minimum atomic E-state index is -0.127. The van der Waals surface area contributed by atoms with Gasteiger partial charge >= 0.3 is 0 Å². The van der Waals surface area contributed by atoms with E-state index in [4.69, 9.17) is 4.74 Å². The van der Waals surface area contributed by atoms with Crippen LogP contribution >= 0.6 is 0 Å². The zero-order chi connectivity index (χ0) is 11.5. The lowest BCUT2D eigenvalue weighted by atomic mass is 10.1. The Morgan fingerprint density at radius 3 is 2.00 bits per heavy atom. The Morgan fingerprint density at radius 1 is 1.07 bits per heavy atom. The molecule has 1 rings (SSSR count). The third-order valence-electron chi connectivity index (χ3n) is 1.76. The predicted octanol–water partition coefficient (Wildman–Crippen LogP) is 4.29. The van der Waals surface area contributed by atoms with Gasteiger partial charge < -0.3 is 4.74 Å². The van der Waals surface area contributed by atoms with Gasteiger partial charge in [-0.1, -0.05) is 23.8 Å². The Labute approximate surface area is 92.8 Å². The molecule has 0 saturated heterocycles. The van der Waals surface area contributed by atoms with Crippen molar-refractivity contribution >= 4 is 6.08 Å². The van der Waals surface area contributed by atoms with Crippen molar-refractivity contribution in [2.45, 2.75) is 40.2 Å². The smallest absolute Gasteiger partial charge is 0.120 e. The fourth-order valence-corrected chi connectivity index (χ4v) is 1.32. The summed E-state index contributed by atoms with van der Waals surface area (Å²) in [6.45, 7) is 10.4. The molecular formula is C14H20O. The molecule has 1 aromatic rings. The molecule has 15 heavy (non-hydrogen) atoms. The molecule has 0 aliphatic rings. The molecule has 0 N–H and O–H groups in total. The van der Waals surface area contributed by atoms with Crippen LogP contribution in [0.25, 0.3) is 6.08 Å². The molecule has 82 valence electrons. The fraction of sp³-hybridized carbons (Fsp3) is 0.429. The molecule has 1 nitrogen and oxygen atoms in total. The molecule has 1 aromatic carbocycles. The highest BCUT2D eigenvalue weighted by Gasteiger charge is 2.10. The summed E-state index contributed by atoms with van der Waals surface area (Å²) >= 11 is 0. The molecule has 0 saturated carbocycles. The first-order valence-electron chi connectivity index (χ1n) is 5.31. The van der Waals surface area contributed by atoms with Gasteiger partial charge in [0.15, 0.2) is 0 Å². The van der Waals surface area contributed by atoms with E-state index in [1.54, 1.807) is 0 Å². The highest BCUT2D eigenvalue weighted by Crippen LogP contribution is 2.19. The quantitative estimate of drug-likeness (QED) is 0.698. The largest absolute Gasteiger partial charge is 0.488 e. The number of benzene rings is 1. The van der Waals surface area contributed by atoms with Gasteiger partial charge in [0.2, 0.25) is 0 Å². The van der Waals surface area contributed by atoms with Crippen molar-refractivity contribution in [1.82, 2.24) is 0 Å². The van der Waals surface area contributed by atoms with Gasteiger partial charge in [-0.25, -0.2) is 0 Å². The van der Waals surface area contributed by atoms with Crippen molar-refractivity contribution in [1.29, 1.82) is 0 Å². The number of hydrogen-bond acceptors (Lipinski definition) is 1. The van der Waals surface area contributed by atoms with Crippen molar-refractivity contribution < 1.29 is 4.74 Å². The third kappa shape index (κ3) is 4.68. The summed E-state index contributed by atoms with van der Waals surface area (Å²) < 4.78 is 5.74. The van der Waals surface area contributed by atoms with Crippen LogP contribution in [0.1, 0.15) is 40.2 Å². The van der Waals surface area contributed by atoms with E-state index in [0.29, 0.717) is 0 Å². The van der Waals surface area contributed by atoms with E-state index in [1.807, 2.05) is 12.1 Å². The number of ether oxygens (including phenoxy) is 1. The molecule has 0 fully saturated rings. The Morgan fingerprint density at radius 2 is 1.60 bits per heavy atom. The third-order valence-corrected chi connectivity index (χ3v) is 1.76. The molecule has 0 radical (unpaired) electrons. The minimum Gasteiger partial charge on any atom is -0.488 e. The summed E-state index contributed by atoms with van der Waals surface area (Å²) in [7, 11) is 0. The fourth-order valence-electron chi connectivity index (χ4n) is 1.32. The van der Waals surface area contributed by atoms with Gasteiger partial charge in [-0.05, 0) is 52.3 Å². The van der Waals surface area contributed by atoms with Crippen molar-refractivity contribution in [3.63, 3.8) is 0 Å². The lowest BCUT2D eigenvalue weighted by Crippen LogP contribution is -2.22. The number of allylic oxidation sites excluding steroid dienone is 1. The first kappa shape index (κ1) is 11.8. The normalized spacial score (nSPS) is 11.0. The highest BCUT2D eigenvalue weighted by molar-refractivity contribution is 5.52. The molecule has 0 spiro atoms. The number of hydrogen-bond donors (Lipinski definition) is 0. The van der Waals surface area contributed by atoms with E-state index in [9.17, 15) is 0 Å². The Kier molecular flexibility index (Phi) is 3.57. The molecule has 0 heterocycles. The van der Waals surface area contributed by atoms with E-state index in [-0.39, 0.29) is 5.60 Å². The van der Waals surface area contributed by atoms with Crippen molar-refractivity contribution in [2.24, 2.45) is 0 Å². The zero-order valence-electron chi connectivity index (χ0n) is 10.3. The molecule has 0 aromatic heterocycles. The second kappa shape index (κ2) is 4.52. The predicted molar refractivity (Wildman–Crippen MR) is 66.1 cm³/mol. The summed E-state index contributed by atoms with van der Waals surface area (Å²) in [6, 6.07) is 8.18. The second-order valence-corrected chi connectivity index (χ2v) is 5.01. The van der Waals surface area contributed by atoms with Crippen LogP contribution in [0.15, 0.2) is 29.8 Å². The van der Waals surface area contributed by atoms with Gasteiger partial charge in [-0.15, -0.1) is 0 Å². The van der Waals surface area contributed by atoms with Crippen LogP contribution < -0.4 is 4.74 Å². The highest BCUT2D eigenvalue weighted by atomic mass is 16.5.